The first-order chi connectivity index (χ1) is 12.9. The zero-order valence-corrected chi connectivity index (χ0v) is 15.5. The van der Waals surface area contributed by atoms with Gasteiger partial charge < -0.3 is 5.32 Å². The van der Waals surface area contributed by atoms with Gasteiger partial charge in [0, 0.05) is 11.6 Å². The number of hydrogen-bond acceptors (Lipinski definition) is 4. The highest BCUT2D eigenvalue weighted by molar-refractivity contribution is 6.32. The molecule has 0 spiro atoms. The molecule has 1 amide bonds. The van der Waals surface area contributed by atoms with Crippen molar-refractivity contribution in [3.05, 3.63) is 86.2 Å². The maximum Gasteiger partial charge on any atom is 0.288 e. The van der Waals surface area contributed by atoms with Crippen LogP contribution in [0.2, 0.25) is 5.02 Å². The number of carbonyl (C=O) groups excluding carboxylic acids is 1. The van der Waals surface area contributed by atoms with Crippen LogP contribution >= 0.6 is 11.6 Å². The van der Waals surface area contributed by atoms with Crippen LogP contribution in [0.1, 0.15) is 27.3 Å². The van der Waals surface area contributed by atoms with E-state index in [-0.39, 0.29) is 16.3 Å². The van der Waals surface area contributed by atoms with E-state index in [1.165, 1.54) is 12.1 Å². The Morgan fingerprint density at radius 2 is 1.93 bits per heavy atom. The lowest BCUT2D eigenvalue weighted by Gasteiger charge is -2.08. The molecule has 7 nitrogen and oxygen atoms in total. The van der Waals surface area contributed by atoms with E-state index in [1.54, 1.807) is 6.92 Å². The van der Waals surface area contributed by atoms with Crippen LogP contribution in [-0.2, 0) is 6.54 Å². The second-order valence-electron chi connectivity index (χ2n) is 6.07. The molecule has 3 aromatic rings. The Labute approximate surface area is 160 Å². The number of aromatic nitrogens is 2. The Morgan fingerprint density at radius 1 is 1.22 bits per heavy atom. The second-order valence-corrected chi connectivity index (χ2v) is 6.47. The summed E-state index contributed by atoms with van der Waals surface area (Å²) >= 11 is 5.80. The van der Waals surface area contributed by atoms with Crippen LogP contribution in [0.15, 0.2) is 48.5 Å². The summed E-state index contributed by atoms with van der Waals surface area (Å²) in [6.45, 7) is 4.24. The van der Waals surface area contributed by atoms with Gasteiger partial charge in [-0.3, -0.25) is 19.6 Å². The zero-order valence-electron chi connectivity index (χ0n) is 14.8. The van der Waals surface area contributed by atoms with Crippen molar-refractivity contribution in [2.24, 2.45) is 0 Å². The highest BCUT2D eigenvalue weighted by Gasteiger charge is 2.19. The SMILES string of the molecule is Cc1nn(Cc2ccccc2)c(C)c1NC(=O)c1ccc(Cl)c([N+](=O)[O-])c1. The Kier molecular flexibility index (Phi) is 5.23. The zero-order chi connectivity index (χ0) is 19.6. The fourth-order valence-electron chi connectivity index (χ4n) is 2.77. The van der Waals surface area contributed by atoms with E-state index >= 15 is 0 Å². The number of anilines is 1. The topological polar surface area (TPSA) is 90.1 Å². The molecule has 1 aromatic heterocycles. The maximum atomic E-state index is 12.6. The van der Waals surface area contributed by atoms with Gasteiger partial charge in [0.1, 0.15) is 5.02 Å². The quantitative estimate of drug-likeness (QED) is 0.522. The molecule has 0 unspecified atom stereocenters. The fraction of sp³-hybridized carbons (Fsp3) is 0.158. The van der Waals surface area contributed by atoms with Gasteiger partial charge in [0.05, 0.1) is 28.5 Å². The summed E-state index contributed by atoms with van der Waals surface area (Å²) in [6.07, 6.45) is 0. The van der Waals surface area contributed by atoms with E-state index in [0.29, 0.717) is 17.9 Å². The van der Waals surface area contributed by atoms with E-state index in [4.69, 9.17) is 11.6 Å². The molecule has 2 aromatic carbocycles. The monoisotopic (exact) mass is 384 g/mol. The van der Waals surface area contributed by atoms with E-state index in [0.717, 1.165) is 17.3 Å². The highest BCUT2D eigenvalue weighted by atomic mass is 35.5. The summed E-state index contributed by atoms with van der Waals surface area (Å²) in [5, 5.41) is 18.3. The van der Waals surface area contributed by atoms with Crippen LogP contribution in [0.3, 0.4) is 0 Å². The molecule has 1 N–H and O–H groups in total. The summed E-state index contributed by atoms with van der Waals surface area (Å²) in [6, 6.07) is 13.8. The Morgan fingerprint density at radius 3 is 2.59 bits per heavy atom. The van der Waals surface area contributed by atoms with Gasteiger partial charge in [-0.2, -0.15) is 5.10 Å². The minimum absolute atomic E-state index is 0.0143. The molecule has 0 aliphatic carbocycles. The second kappa shape index (κ2) is 7.59. The fourth-order valence-corrected chi connectivity index (χ4v) is 2.95. The highest BCUT2D eigenvalue weighted by Crippen LogP contribution is 2.26. The molecule has 0 saturated heterocycles. The molecule has 0 atom stereocenters. The van der Waals surface area contributed by atoms with Crippen LogP contribution in [-0.4, -0.2) is 20.6 Å². The normalized spacial score (nSPS) is 10.6. The predicted molar refractivity (Wildman–Crippen MR) is 103 cm³/mol. The maximum absolute atomic E-state index is 12.6. The Hall–Kier alpha value is -3.19. The predicted octanol–water partition coefficient (Wildman–Crippen LogP) is 4.36. The van der Waals surface area contributed by atoms with Gasteiger partial charge in [0.2, 0.25) is 0 Å². The molecule has 3 rings (SSSR count). The number of nitro benzene ring substituents is 1. The third kappa shape index (κ3) is 3.98. The number of benzene rings is 2. The number of halogens is 1. The van der Waals surface area contributed by atoms with Crippen LogP contribution in [0.25, 0.3) is 0 Å². The average molecular weight is 385 g/mol. The van der Waals surface area contributed by atoms with Crippen molar-refractivity contribution in [3.8, 4) is 0 Å². The Balaban J connectivity index is 1.85. The first kappa shape index (κ1) is 18.6. The lowest BCUT2D eigenvalue weighted by Crippen LogP contribution is -2.13. The van der Waals surface area contributed by atoms with Gasteiger partial charge in [-0.1, -0.05) is 41.9 Å². The van der Waals surface area contributed by atoms with Crippen LogP contribution in [0.4, 0.5) is 11.4 Å². The molecular formula is C19H17ClN4O3. The number of hydrogen-bond donors (Lipinski definition) is 1. The van der Waals surface area contributed by atoms with Crippen LogP contribution in [0.5, 0.6) is 0 Å². The van der Waals surface area contributed by atoms with Crippen molar-refractivity contribution >= 4 is 28.9 Å². The number of carbonyl (C=O) groups is 1. The van der Waals surface area contributed by atoms with Crippen molar-refractivity contribution in [3.63, 3.8) is 0 Å². The van der Waals surface area contributed by atoms with Gasteiger partial charge in [0.25, 0.3) is 11.6 Å². The van der Waals surface area contributed by atoms with Crippen LogP contribution < -0.4 is 5.32 Å². The summed E-state index contributed by atoms with van der Waals surface area (Å²) in [7, 11) is 0. The summed E-state index contributed by atoms with van der Waals surface area (Å²) in [5.41, 5.74) is 2.99. The molecule has 8 heteroatoms. The summed E-state index contributed by atoms with van der Waals surface area (Å²) in [4.78, 5) is 23.0. The van der Waals surface area contributed by atoms with Gasteiger partial charge in [-0.15, -0.1) is 0 Å². The van der Waals surface area contributed by atoms with Gasteiger partial charge in [0.15, 0.2) is 0 Å². The molecule has 0 bridgehead atoms. The van der Waals surface area contributed by atoms with E-state index in [9.17, 15) is 14.9 Å². The minimum Gasteiger partial charge on any atom is -0.319 e. The van der Waals surface area contributed by atoms with Gasteiger partial charge >= 0.3 is 0 Å². The molecule has 138 valence electrons. The summed E-state index contributed by atoms with van der Waals surface area (Å²) < 4.78 is 1.81. The van der Waals surface area contributed by atoms with E-state index in [2.05, 4.69) is 10.4 Å². The van der Waals surface area contributed by atoms with Crippen molar-refractivity contribution < 1.29 is 9.72 Å². The molecular weight excluding hydrogens is 368 g/mol. The minimum atomic E-state index is -0.618. The lowest BCUT2D eigenvalue weighted by atomic mass is 10.1. The standard InChI is InChI=1S/C19H17ClN4O3/c1-12-18(13(2)23(22-12)11-14-6-4-3-5-7-14)21-19(25)15-8-9-16(20)17(10-15)24(26)27/h3-10H,11H2,1-2H3,(H,21,25). The molecule has 0 aliphatic heterocycles. The van der Waals surface area contributed by atoms with Gasteiger partial charge in [-0.05, 0) is 31.5 Å². The molecule has 27 heavy (non-hydrogen) atoms. The number of rotatable bonds is 5. The molecule has 0 radical (unpaired) electrons. The average Bonchev–Trinajstić information content (AvgIpc) is 2.90. The van der Waals surface area contributed by atoms with Crippen LogP contribution in [0, 0.1) is 24.0 Å². The number of nitro groups is 1. The van der Waals surface area contributed by atoms with Crippen molar-refractivity contribution in [1.82, 2.24) is 9.78 Å². The molecule has 1 heterocycles. The van der Waals surface area contributed by atoms with Gasteiger partial charge in [-0.25, -0.2) is 0 Å². The lowest BCUT2D eigenvalue weighted by molar-refractivity contribution is -0.384. The number of nitrogens with one attached hydrogen (secondary N) is 1. The largest absolute Gasteiger partial charge is 0.319 e. The number of aryl methyl sites for hydroxylation is 1. The van der Waals surface area contributed by atoms with Crippen molar-refractivity contribution in [1.29, 1.82) is 0 Å². The number of nitrogens with zero attached hydrogens (tertiary/aromatic N) is 3. The number of amides is 1. The Bertz CT molecular complexity index is 1020. The molecule has 0 aliphatic rings. The van der Waals surface area contributed by atoms with Crippen molar-refractivity contribution in [2.45, 2.75) is 20.4 Å². The van der Waals surface area contributed by atoms with E-state index < -0.39 is 10.8 Å². The van der Waals surface area contributed by atoms with E-state index in [1.807, 2.05) is 41.9 Å². The summed E-state index contributed by atoms with van der Waals surface area (Å²) in [5.74, 6) is -0.458. The van der Waals surface area contributed by atoms with Crippen molar-refractivity contribution in [2.75, 3.05) is 5.32 Å². The molecule has 0 saturated carbocycles. The molecule has 0 fully saturated rings. The third-order valence-corrected chi connectivity index (χ3v) is 4.52. The third-order valence-electron chi connectivity index (χ3n) is 4.20. The first-order valence-corrected chi connectivity index (χ1v) is 8.58. The smallest absolute Gasteiger partial charge is 0.288 e. The first-order valence-electron chi connectivity index (χ1n) is 8.20.